The maximum atomic E-state index is 5.19. The van der Waals surface area contributed by atoms with Crippen LogP contribution in [0.15, 0.2) is 48.5 Å². The van der Waals surface area contributed by atoms with Gasteiger partial charge in [-0.1, -0.05) is 42.0 Å². The average Bonchev–Trinajstić information content (AvgIpc) is 2.48. The Morgan fingerprint density at radius 3 is 2.45 bits per heavy atom. The van der Waals surface area contributed by atoms with Gasteiger partial charge in [0.1, 0.15) is 5.75 Å². The highest BCUT2D eigenvalue weighted by atomic mass is 16.5. The SMILES string of the molecule is CNC(CCc1ccc(OC)cc1)c1cccc(C)c1. The summed E-state index contributed by atoms with van der Waals surface area (Å²) in [5.74, 6) is 0.914. The quantitative estimate of drug-likeness (QED) is 0.859. The maximum Gasteiger partial charge on any atom is 0.118 e. The topological polar surface area (TPSA) is 21.3 Å². The van der Waals surface area contributed by atoms with Crippen LogP contribution in [-0.4, -0.2) is 14.2 Å². The number of hydrogen-bond acceptors (Lipinski definition) is 2. The molecule has 0 fully saturated rings. The summed E-state index contributed by atoms with van der Waals surface area (Å²) in [6, 6.07) is 17.5. The largest absolute Gasteiger partial charge is 0.497 e. The zero-order chi connectivity index (χ0) is 14.4. The fraction of sp³-hybridized carbons (Fsp3) is 0.333. The third-order valence-corrected chi connectivity index (χ3v) is 3.67. The molecule has 2 heteroatoms. The van der Waals surface area contributed by atoms with Crippen molar-refractivity contribution in [2.75, 3.05) is 14.2 Å². The highest BCUT2D eigenvalue weighted by Gasteiger charge is 2.09. The maximum absolute atomic E-state index is 5.19. The molecule has 0 aliphatic rings. The Balaban J connectivity index is 1.99. The van der Waals surface area contributed by atoms with Crippen LogP contribution in [0.1, 0.15) is 29.2 Å². The predicted octanol–water partition coefficient (Wildman–Crippen LogP) is 3.90. The van der Waals surface area contributed by atoms with Crippen molar-refractivity contribution in [1.29, 1.82) is 0 Å². The predicted molar refractivity (Wildman–Crippen MR) is 84.3 cm³/mol. The number of hydrogen-bond donors (Lipinski definition) is 1. The van der Waals surface area contributed by atoms with Gasteiger partial charge in [0, 0.05) is 6.04 Å². The van der Waals surface area contributed by atoms with Crippen molar-refractivity contribution >= 4 is 0 Å². The molecule has 1 unspecified atom stereocenters. The molecular formula is C18H23NO. The highest BCUT2D eigenvalue weighted by Crippen LogP contribution is 2.21. The molecule has 0 spiro atoms. The fourth-order valence-electron chi connectivity index (χ4n) is 2.47. The van der Waals surface area contributed by atoms with Gasteiger partial charge >= 0.3 is 0 Å². The van der Waals surface area contributed by atoms with Gasteiger partial charge in [0.05, 0.1) is 7.11 Å². The number of rotatable bonds is 6. The zero-order valence-corrected chi connectivity index (χ0v) is 12.5. The molecule has 106 valence electrons. The number of ether oxygens (including phenoxy) is 1. The summed E-state index contributed by atoms with van der Waals surface area (Å²) in [5, 5.41) is 3.41. The van der Waals surface area contributed by atoms with Gasteiger partial charge in [0.2, 0.25) is 0 Å². The summed E-state index contributed by atoms with van der Waals surface area (Å²) in [4.78, 5) is 0. The molecule has 0 heterocycles. The summed E-state index contributed by atoms with van der Waals surface area (Å²) < 4.78 is 5.19. The Morgan fingerprint density at radius 2 is 1.85 bits per heavy atom. The second-order valence-corrected chi connectivity index (χ2v) is 5.14. The van der Waals surface area contributed by atoms with Gasteiger partial charge in [0.15, 0.2) is 0 Å². The van der Waals surface area contributed by atoms with E-state index < -0.39 is 0 Å². The third-order valence-electron chi connectivity index (χ3n) is 3.67. The van der Waals surface area contributed by atoms with Crippen LogP contribution in [0.3, 0.4) is 0 Å². The lowest BCUT2D eigenvalue weighted by atomic mass is 9.98. The number of methoxy groups -OCH3 is 1. The summed E-state index contributed by atoms with van der Waals surface area (Å²) in [6.45, 7) is 2.14. The van der Waals surface area contributed by atoms with Crippen molar-refractivity contribution in [3.63, 3.8) is 0 Å². The van der Waals surface area contributed by atoms with E-state index in [1.165, 1.54) is 16.7 Å². The molecule has 2 nitrogen and oxygen atoms in total. The lowest BCUT2D eigenvalue weighted by Crippen LogP contribution is -2.17. The molecule has 2 aromatic rings. The molecule has 0 saturated heterocycles. The van der Waals surface area contributed by atoms with Gasteiger partial charge in [-0.15, -0.1) is 0 Å². The van der Waals surface area contributed by atoms with Crippen LogP contribution in [0.4, 0.5) is 0 Å². The van der Waals surface area contributed by atoms with Crippen molar-refractivity contribution < 1.29 is 4.74 Å². The van der Waals surface area contributed by atoms with Crippen LogP contribution in [0.5, 0.6) is 5.75 Å². The Labute approximate surface area is 121 Å². The second kappa shape index (κ2) is 7.11. The molecule has 0 aliphatic carbocycles. The molecule has 0 bridgehead atoms. The molecule has 2 rings (SSSR count). The lowest BCUT2D eigenvalue weighted by Gasteiger charge is -2.17. The first-order valence-corrected chi connectivity index (χ1v) is 7.09. The number of aryl methyl sites for hydroxylation is 2. The molecule has 1 N–H and O–H groups in total. The van der Waals surface area contributed by atoms with Crippen LogP contribution in [-0.2, 0) is 6.42 Å². The minimum absolute atomic E-state index is 0.400. The minimum Gasteiger partial charge on any atom is -0.497 e. The molecule has 0 saturated carbocycles. The van der Waals surface area contributed by atoms with E-state index in [0.29, 0.717) is 6.04 Å². The van der Waals surface area contributed by atoms with Crippen LogP contribution in [0.2, 0.25) is 0 Å². The van der Waals surface area contributed by atoms with Gasteiger partial charge in [-0.05, 0) is 50.1 Å². The van der Waals surface area contributed by atoms with Crippen molar-refractivity contribution in [3.8, 4) is 5.75 Å². The molecule has 20 heavy (non-hydrogen) atoms. The smallest absolute Gasteiger partial charge is 0.118 e. The highest BCUT2D eigenvalue weighted by molar-refractivity contribution is 5.28. The molecular weight excluding hydrogens is 246 g/mol. The van der Waals surface area contributed by atoms with Crippen LogP contribution >= 0.6 is 0 Å². The van der Waals surface area contributed by atoms with Crippen molar-refractivity contribution in [3.05, 3.63) is 65.2 Å². The zero-order valence-electron chi connectivity index (χ0n) is 12.5. The average molecular weight is 269 g/mol. The van der Waals surface area contributed by atoms with E-state index in [-0.39, 0.29) is 0 Å². The number of benzene rings is 2. The Kier molecular flexibility index (Phi) is 5.19. The Hall–Kier alpha value is -1.80. The Bertz CT molecular complexity index is 533. The van der Waals surface area contributed by atoms with Gasteiger partial charge in [0.25, 0.3) is 0 Å². The van der Waals surface area contributed by atoms with E-state index in [2.05, 4.69) is 48.6 Å². The summed E-state index contributed by atoms with van der Waals surface area (Å²) >= 11 is 0. The van der Waals surface area contributed by atoms with E-state index in [4.69, 9.17) is 4.74 Å². The van der Waals surface area contributed by atoms with Crippen molar-refractivity contribution in [2.45, 2.75) is 25.8 Å². The molecule has 0 amide bonds. The van der Waals surface area contributed by atoms with E-state index in [1.807, 2.05) is 19.2 Å². The molecule has 0 aromatic heterocycles. The van der Waals surface area contributed by atoms with Gasteiger partial charge in [-0.25, -0.2) is 0 Å². The number of nitrogens with one attached hydrogen (secondary N) is 1. The standard InChI is InChI=1S/C18H23NO/c1-14-5-4-6-16(13-14)18(19-2)12-9-15-7-10-17(20-3)11-8-15/h4-8,10-11,13,18-19H,9,12H2,1-3H3. The first kappa shape index (κ1) is 14.6. The third kappa shape index (κ3) is 3.84. The second-order valence-electron chi connectivity index (χ2n) is 5.14. The van der Waals surface area contributed by atoms with E-state index in [0.717, 1.165) is 18.6 Å². The monoisotopic (exact) mass is 269 g/mol. The van der Waals surface area contributed by atoms with Gasteiger partial charge in [-0.3, -0.25) is 0 Å². The van der Waals surface area contributed by atoms with Crippen LogP contribution < -0.4 is 10.1 Å². The lowest BCUT2D eigenvalue weighted by molar-refractivity contribution is 0.414. The first-order chi connectivity index (χ1) is 9.72. The summed E-state index contributed by atoms with van der Waals surface area (Å²) in [7, 11) is 3.73. The summed E-state index contributed by atoms with van der Waals surface area (Å²) in [6.07, 6.45) is 2.15. The Morgan fingerprint density at radius 1 is 1.10 bits per heavy atom. The fourth-order valence-corrected chi connectivity index (χ4v) is 2.47. The van der Waals surface area contributed by atoms with E-state index in [1.54, 1.807) is 7.11 Å². The molecule has 0 radical (unpaired) electrons. The van der Waals surface area contributed by atoms with Gasteiger partial charge in [-0.2, -0.15) is 0 Å². The van der Waals surface area contributed by atoms with E-state index >= 15 is 0 Å². The van der Waals surface area contributed by atoms with Crippen molar-refractivity contribution in [1.82, 2.24) is 5.32 Å². The van der Waals surface area contributed by atoms with Crippen LogP contribution in [0.25, 0.3) is 0 Å². The molecule has 0 aliphatic heterocycles. The van der Waals surface area contributed by atoms with Crippen molar-refractivity contribution in [2.24, 2.45) is 0 Å². The molecule has 2 aromatic carbocycles. The minimum atomic E-state index is 0.400. The van der Waals surface area contributed by atoms with E-state index in [9.17, 15) is 0 Å². The summed E-state index contributed by atoms with van der Waals surface area (Å²) in [5.41, 5.74) is 4.02. The molecule has 1 atom stereocenters. The first-order valence-electron chi connectivity index (χ1n) is 7.09. The van der Waals surface area contributed by atoms with Crippen LogP contribution in [0, 0.1) is 6.92 Å². The van der Waals surface area contributed by atoms with Gasteiger partial charge < -0.3 is 10.1 Å². The normalized spacial score (nSPS) is 12.2.